The molecule has 2 aromatic carbocycles. The van der Waals surface area contributed by atoms with Gasteiger partial charge in [-0.05, 0) is 68.9 Å². The topological polar surface area (TPSA) is 35.2 Å². The summed E-state index contributed by atoms with van der Waals surface area (Å²) in [4.78, 5) is 0. The second kappa shape index (κ2) is 5.22. The van der Waals surface area contributed by atoms with E-state index in [0.717, 1.165) is 3.57 Å². The summed E-state index contributed by atoms with van der Waals surface area (Å²) in [5.74, 6) is 0.533. The van der Waals surface area contributed by atoms with Gasteiger partial charge in [-0.25, -0.2) is 4.39 Å². The summed E-state index contributed by atoms with van der Waals surface area (Å²) in [6.45, 7) is 0. The van der Waals surface area contributed by atoms with E-state index in [0.29, 0.717) is 21.7 Å². The van der Waals surface area contributed by atoms with E-state index in [-0.39, 0.29) is 0 Å². The first-order valence-corrected chi connectivity index (χ1v) is 6.61. The van der Waals surface area contributed by atoms with Gasteiger partial charge in [-0.15, -0.1) is 0 Å². The van der Waals surface area contributed by atoms with Crippen LogP contribution in [0.25, 0.3) is 0 Å². The molecule has 5 heteroatoms. The van der Waals surface area contributed by atoms with Crippen molar-refractivity contribution < 1.29 is 9.13 Å². The number of benzene rings is 2. The highest BCUT2D eigenvalue weighted by Crippen LogP contribution is 2.32. The molecule has 0 aromatic heterocycles. The number of anilines is 1. The van der Waals surface area contributed by atoms with E-state index >= 15 is 0 Å². The predicted molar refractivity (Wildman–Crippen MR) is 77.7 cm³/mol. The van der Waals surface area contributed by atoms with Gasteiger partial charge in [0.2, 0.25) is 0 Å². The molecule has 0 radical (unpaired) electrons. The maximum absolute atomic E-state index is 13.3. The lowest BCUT2D eigenvalue weighted by Crippen LogP contribution is -1.94. The SMILES string of the molecule is Nc1cc(Br)c(F)cc1Oc1ccc(I)cc1. The Morgan fingerprint density at radius 1 is 1.18 bits per heavy atom. The van der Waals surface area contributed by atoms with Crippen LogP contribution in [0.2, 0.25) is 0 Å². The Balaban J connectivity index is 2.30. The Hall–Kier alpha value is -0.820. The van der Waals surface area contributed by atoms with Gasteiger partial charge in [0, 0.05) is 9.64 Å². The third kappa shape index (κ3) is 3.10. The van der Waals surface area contributed by atoms with Crippen LogP contribution in [0.5, 0.6) is 11.5 Å². The first kappa shape index (κ1) is 12.6. The molecule has 88 valence electrons. The molecule has 0 spiro atoms. The van der Waals surface area contributed by atoms with Crippen molar-refractivity contribution in [2.75, 3.05) is 5.73 Å². The number of hydrogen-bond acceptors (Lipinski definition) is 2. The fourth-order valence-electron chi connectivity index (χ4n) is 1.26. The molecule has 0 aliphatic rings. The van der Waals surface area contributed by atoms with Crippen LogP contribution in [0, 0.1) is 9.39 Å². The molecule has 0 aliphatic carbocycles. The number of rotatable bonds is 2. The minimum atomic E-state index is -0.403. The van der Waals surface area contributed by atoms with E-state index in [1.54, 1.807) is 12.1 Å². The van der Waals surface area contributed by atoms with Gasteiger partial charge in [-0.2, -0.15) is 0 Å². The monoisotopic (exact) mass is 407 g/mol. The van der Waals surface area contributed by atoms with Crippen LogP contribution in [0.15, 0.2) is 40.9 Å². The quantitative estimate of drug-likeness (QED) is 0.584. The van der Waals surface area contributed by atoms with Gasteiger partial charge < -0.3 is 10.5 Å². The largest absolute Gasteiger partial charge is 0.455 e. The molecule has 0 atom stereocenters. The lowest BCUT2D eigenvalue weighted by molar-refractivity contribution is 0.478. The smallest absolute Gasteiger partial charge is 0.153 e. The fourth-order valence-corrected chi connectivity index (χ4v) is 1.98. The average Bonchev–Trinajstić information content (AvgIpc) is 2.29. The third-order valence-corrected chi connectivity index (χ3v) is 3.42. The van der Waals surface area contributed by atoms with Crippen molar-refractivity contribution in [1.29, 1.82) is 0 Å². The average molecular weight is 408 g/mol. The molecule has 0 heterocycles. The molecule has 2 rings (SSSR count). The molecule has 2 N–H and O–H groups in total. The second-order valence-electron chi connectivity index (χ2n) is 3.36. The summed E-state index contributed by atoms with van der Waals surface area (Å²) in [6.07, 6.45) is 0. The Labute approximate surface area is 120 Å². The second-order valence-corrected chi connectivity index (χ2v) is 5.46. The standard InChI is InChI=1S/C12H8BrFINO/c13-9-5-11(16)12(6-10(9)14)17-8-3-1-7(15)2-4-8/h1-6H,16H2. The van der Waals surface area contributed by atoms with E-state index in [2.05, 4.69) is 38.5 Å². The minimum absolute atomic E-state index is 0.312. The van der Waals surface area contributed by atoms with Gasteiger partial charge in [-0.3, -0.25) is 0 Å². The number of hydrogen-bond donors (Lipinski definition) is 1. The third-order valence-electron chi connectivity index (χ3n) is 2.09. The van der Waals surface area contributed by atoms with Crippen molar-refractivity contribution in [2.24, 2.45) is 0 Å². The number of ether oxygens (including phenoxy) is 1. The van der Waals surface area contributed by atoms with Crippen LogP contribution < -0.4 is 10.5 Å². The molecule has 0 saturated carbocycles. The Kier molecular flexibility index (Phi) is 3.88. The molecule has 0 aliphatic heterocycles. The zero-order valence-corrected chi connectivity index (χ0v) is 12.3. The van der Waals surface area contributed by atoms with Gasteiger partial charge in [-0.1, -0.05) is 0 Å². The van der Waals surface area contributed by atoms with Crippen LogP contribution in [0.1, 0.15) is 0 Å². The number of nitrogen functional groups attached to an aromatic ring is 1. The van der Waals surface area contributed by atoms with Gasteiger partial charge in [0.1, 0.15) is 11.6 Å². The Morgan fingerprint density at radius 3 is 2.47 bits per heavy atom. The summed E-state index contributed by atoms with van der Waals surface area (Å²) in [7, 11) is 0. The highest BCUT2D eigenvalue weighted by atomic mass is 127. The van der Waals surface area contributed by atoms with E-state index in [1.165, 1.54) is 12.1 Å². The molecule has 2 nitrogen and oxygen atoms in total. The van der Waals surface area contributed by atoms with Crippen molar-refractivity contribution in [2.45, 2.75) is 0 Å². The number of nitrogens with two attached hydrogens (primary N) is 1. The Bertz CT molecular complexity index is 545. The summed E-state index contributed by atoms with van der Waals surface area (Å²) in [5.41, 5.74) is 6.13. The molecule has 0 unspecified atom stereocenters. The summed E-state index contributed by atoms with van der Waals surface area (Å²) in [6, 6.07) is 10.2. The maximum atomic E-state index is 13.3. The van der Waals surface area contributed by atoms with E-state index in [4.69, 9.17) is 10.5 Å². The van der Waals surface area contributed by atoms with Crippen molar-refractivity contribution >= 4 is 44.2 Å². The van der Waals surface area contributed by atoms with E-state index in [9.17, 15) is 4.39 Å². The molecule has 2 aromatic rings. The Morgan fingerprint density at radius 2 is 1.82 bits per heavy atom. The van der Waals surface area contributed by atoms with E-state index < -0.39 is 5.82 Å². The van der Waals surface area contributed by atoms with Crippen molar-refractivity contribution in [3.8, 4) is 11.5 Å². The van der Waals surface area contributed by atoms with Crippen LogP contribution in [0.4, 0.5) is 10.1 Å². The highest BCUT2D eigenvalue weighted by molar-refractivity contribution is 14.1. The molecule has 0 fully saturated rings. The maximum Gasteiger partial charge on any atom is 0.153 e. The lowest BCUT2D eigenvalue weighted by Gasteiger charge is -2.09. The van der Waals surface area contributed by atoms with Crippen LogP contribution in [-0.2, 0) is 0 Å². The van der Waals surface area contributed by atoms with Gasteiger partial charge in [0.25, 0.3) is 0 Å². The first-order chi connectivity index (χ1) is 8.06. The van der Waals surface area contributed by atoms with Crippen LogP contribution in [-0.4, -0.2) is 0 Å². The van der Waals surface area contributed by atoms with Crippen molar-refractivity contribution in [1.82, 2.24) is 0 Å². The number of halogens is 3. The first-order valence-electron chi connectivity index (χ1n) is 4.74. The lowest BCUT2D eigenvalue weighted by atomic mass is 10.3. The molecular weight excluding hydrogens is 400 g/mol. The molecule has 17 heavy (non-hydrogen) atoms. The molecule has 0 amide bonds. The molecule has 0 saturated heterocycles. The predicted octanol–water partition coefficient (Wildman–Crippen LogP) is 4.57. The van der Waals surface area contributed by atoms with Crippen LogP contribution >= 0.6 is 38.5 Å². The van der Waals surface area contributed by atoms with Crippen molar-refractivity contribution in [3.05, 3.63) is 50.3 Å². The molecular formula is C12H8BrFINO. The minimum Gasteiger partial charge on any atom is -0.455 e. The molecule has 0 bridgehead atoms. The zero-order chi connectivity index (χ0) is 12.4. The van der Waals surface area contributed by atoms with Gasteiger partial charge in [0.05, 0.1) is 10.2 Å². The summed E-state index contributed by atoms with van der Waals surface area (Å²) in [5, 5.41) is 0. The van der Waals surface area contributed by atoms with E-state index in [1.807, 2.05) is 12.1 Å². The summed E-state index contributed by atoms with van der Waals surface area (Å²) < 4.78 is 20.3. The summed E-state index contributed by atoms with van der Waals surface area (Å²) >= 11 is 5.26. The normalized spacial score (nSPS) is 10.3. The van der Waals surface area contributed by atoms with Gasteiger partial charge in [0.15, 0.2) is 5.75 Å². The highest BCUT2D eigenvalue weighted by Gasteiger charge is 2.08. The van der Waals surface area contributed by atoms with Crippen molar-refractivity contribution in [3.63, 3.8) is 0 Å². The zero-order valence-electron chi connectivity index (χ0n) is 8.58. The fraction of sp³-hybridized carbons (Fsp3) is 0. The van der Waals surface area contributed by atoms with Crippen LogP contribution in [0.3, 0.4) is 0 Å². The van der Waals surface area contributed by atoms with Gasteiger partial charge >= 0.3 is 0 Å².